The van der Waals surface area contributed by atoms with Gasteiger partial charge in [-0.1, -0.05) is 0 Å². The molecule has 2 N–H and O–H groups in total. The highest BCUT2D eigenvalue weighted by Crippen LogP contribution is 2.32. The fourth-order valence-electron chi connectivity index (χ4n) is 1.13. The second-order valence-corrected chi connectivity index (χ2v) is 2.78. The molecule has 0 amide bonds. The minimum atomic E-state index is -1.30. The maximum absolute atomic E-state index is 13.2. The Labute approximate surface area is 83.7 Å². The molecular formula is C9H8F2O4. The fraction of sp³-hybridized carbons (Fsp3) is 0.222. The summed E-state index contributed by atoms with van der Waals surface area (Å²) in [6.45, 7) is 0. The van der Waals surface area contributed by atoms with Gasteiger partial charge in [0, 0.05) is 5.56 Å². The van der Waals surface area contributed by atoms with Crippen molar-refractivity contribution in [1.82, 2.24) is 0 Å². The van der Waals surface area contributed by atoms with Gasteiger partial charge in [-0.3, -0.25) is 4.79 Å². The maximum atomic E-state index is 13.2. The van der Waals surface area contributed by atoms with Gasteiger partial charge in [0.2, 0.25) is 5.82 Å². The lowest BCUT2D eigenvalue weighted by molar-refractivity contribution is -0.136. The number of halogens is 2. The number of hydrogen-bond donors (Lipinski definition) is 2. The zero-order valence-corrected chi connectivity index (χ0v) is 7.75. The van der Waals surface area contributed by atoms with E-state index < -0.39 is 35.5 Å². The molecule has 0 heterocycles. The Hall–Kier alpha value is -1.85. The molecule has 82 valence electrons. The van der Waals surface area contributed by atoms with Gasteiger partial charge in [0.05, 0.1) is 13.5 Å². The summed E-state index contributed by atoms with van der Waals surface area (Å²) in [7, 11) is 1.04. The van der Waals surface area contributed by atoms with Crippen molar-refractivity contribution in [3.05, 3.63) is 23.3 Å². The molecule has 0 unspecified atom stereocenters. The van der Waals surface area contributed by atoms with Crippen LogP contribution in [0.25, 0.3) is 0 Å². The molecule has 0 radical (unpaired) electrons. The largest absolute Gasteiger partial charge is 0.505 e. The molecule has 0 fully saturated rings. The number of carboxylic acids is 1. The molecule has 0 aliphatic heterocycles. The SMILES string of the molecule is COc1c(F)cc(CC(=O)O)c(O)c1F. The molecule has 0 spiro atoms. The molecule has 6 heteroatoms. The quantitative estimate of drug-likeness (QED) is 0.802. The minimum Gasteiger partial charge on any atom is -0.505 e. The van der Waals surface area contributed by atoms with E-state index >= 15 is 0 Å². The molecule has 0 saturated heterocycles. The number of methoxy groups -OCH3 is 1. The highest BCUT2D eigenvalue weighted by molar-refractivity contribution is 5.71. The lowest BCUT2D eigenvalue weighted by Crippen LogP contribution is -2.03. The lowest BCUT2D eigenvalue weighted by atomic mass is 10.1. The number of carboxylic acid groups (broad SMARTS) is 1. The lowest BCUT2D eigenvalue weighted by Gasteiger charge is -2.08. The fourth-order valence-corrected chi connectivity index (χ4v) is 1.13. The van der Waals surface area contributed by atoms with Crippen LogP contribution in [0.4, 0.5) is 8.78 Å². The van der Waals surface area contributed by atoms with Crippen molar-refractivity contribution in [2.75, 3.05) is 7.11 Å². The van der Waals surface area contributed by atoms with Crippen molar-refractivity contribution < 1.29 is 28.5 Å². The first-order valence-electron chi connectivity index (χ1n) is 3.93. The molecule has 0 bridgehead atoms. The van der Waals surface area contributed by atoms with Gasteiger partial charge in [-0.15, -0.1) is 0 Å². The minimum absolute atomic E-state index is 0.335. The van der Waals surface area contributed by atoms with Crippen molar-refractivity contribution in [3.63, 3.8) is 0 Å². The molecule has 1 aromatic carbocycles. The van der Waals surface area contributed by atoms with Gasteiger partial charge < -0.3 is 14.9 Å². The van der Waals surface area contributed by atoms with Crippen molar-refractivity contribution in [3.8, 4) is 11.5 Å². The number of ether oxygens (including phenoxy) is 1. The van der Waals surface area contributed by atoms with Gasteiger partial charge in [-0.05, 0) is 6.07 Å². The number of benzene rings is 1. The van der Waals surface area contributed by atoms with Crippen molar-refractivity contribution >= 4 is 5.97 Å². The first-order valence-corrected chi connectivity index (χ1v) is 3.93. The van der Waals surface area contributed by atoms with Gasteiger partial charge in [0.25, 0.3) is 0 Å². The van der Waals surface area contributed by atoms with Crippen molar-refractivity contribution in [2.45, 2.75) is 6.42 Å². The molecule has 0 aromatic heterocycles. The van der Waals surface area contributed by atoms with Crippen LogP contribution in [-0.2, 0) is 11.2 Å². The predicted molar refractivity (Wildman–Crippen MR) is 45.9 cm³/mol. The van der Waals surface area contributed by atoms with Crippen molar-refractivity contribution in [2.24, 2.45) is 0 Å². The van der Waals surface area contributed by atoms with E-state index in [1.165, 1.54) is 0 Å². The number of phenols is 1. The number of phenolic OH excluding ortho intramolecular Hbond substituents is 1. The zero-order chi connectivity index (χ0) is 11.6. The Balaban J connectivity index is 3.27. The van der Waals surface area contributed by atoms with E-state index in [9.17, 15) is 18.7 Å². The van der Waals surface area contributed by atoms with E-state index in [-0.39, 0.29) is 5.56 Å². The average Bonchev–Trinajstić information content (AvgIpc) is 2.14. The van der Waals surface area contributed by atoms with Crippen LogP contribution >= 0.6 is 0 Å². The Bertz CT molecular complexity index is 404. The van der Waals surface area contributed by atoms with Crippen LogP contribution in [0.1, 0.15) is 5.56 Å². The third-order valence-electron chi connectivity index (χ3n) is 1.78. The van der Waals surface area contributed by atoms with Gasteiger partial charge in [0.15, 0.2) is 17.3 Å². The summed E-state index contributed by atoms with van der Waals surface area (Å²) >= 11 is 0. The summed E-state index contributed by atoms with van der Waals surface area (Å²) in [5.74, 6) is -5.29. The van der Waals surface area contributed by atoms with Crippen LogP contribution in [0.5, 0.6) is 11.5 Å². The molecule has 0 saturated carbocycles. The molecule has 1 rings (SSSR count). The van der Waals surface area contributed by atoms with Crippen LogP contribution in [0, 0.1) is 11.6 Å². The highest BCUT2D eigenvalue weighted by atomic mass is 19.1. The van der Waals surface area contributed by atoms with E-state index in [1.807, 2.05) is 0 Å². The van der Waals surface area contributed by atoms with E-state index in [2.05, 4.69) is 4.74 Å². The second kappa shape index (κ2) is 4.12. The first-order chi connectivity index (χ1) is 6.97. The second-order valence-electron chi connectivity index (χ2n) is 2.78. The first kappa shape index (κ1) is 11.2. The Kier molecular flexibility index (Phi) is 3.08. The number of aromatic hydroxyl groups is 1. The number of aliphatic carboxylic acids is 1. The summed E-state index contributed by atoms with van der Waals surface area (Å²) < 4.78 is 30.6. The molecular weight excluding hydrogens is 210 g/mol. The van der Waals surface area contributed by atoms with Gasteiger partial charge in [-0.25, -0.2) is 4.39 Å². The molecule has 0 aliphatic carbocycles. The molecule has 4 nitrogen and oxygen atoms in total. The monoisotopic (exact) mass is 218 g/mol. The number of carbonyl (C=O) groups is 1. The van der Waals surface area contributed by atoms with Crippen LogP contribution in [0.3, 0.4) is 0 Å². The van der Waals surface area contributed by atoms with E-state index in [0.717, 1.165) is 13.2 Å². The predicted octanol–water partition coefficient (Wildman–Crippen LogP) is 1.31. The molecule has 1 aromatic rings. The Morgan fingerprint density at radius 1 is 1.53 bits per heavy atom. The smallest absolute Gasteiger partial charge is 0.307 e. The summed E-state index contributed by atoms with van der Waals surface area (Å²) in [4.78, 5) is 10.3. The maximum Gasteiger partial charge on any atom is 0.307 e. The van der Waals surface area contributed by atoms with E-state index in [0.29, 0.717) is 0 Å². The topological polar surface area (TPSA) is 66.8 Å². The summed E-state index contributed by atoms with van der Waals surface area (Å²) in [5.41, 5.74) is -0.335. The Morgan fingerprint density at radius 3 is 2.60 bits per heavy atom. The standard InChI is InChI=1S/C9H8F2O4/c1-15-9-5(10)2-4(3-6(12)13)8(14)7(9)11/h2,14H,3H2,1H3,(H,12,13). The van der Waals surface area contributed by atoms with Crippen LogP contribution in [-0.4, -0.2) is 23.3 Å². The number of hydrogen-bond acceptors (Lipinski definition) is 3. The normalized spacial score (nSPS) is 10.1. The third-order valence-corrected chi connectivity index (χ3v) is 1.78. The highest BCUT2D eigenvalue weighted by Gasteiger charge is 2.19. The van der Waals surface area contributed by atoms with Crippen LogP contribution < -0.4 is 4.74 Å². The summed E-state index contributed by atoms with van der Waals surface area (Å²) in [6.07, 6.45) is -0.663. The molecule has 0 aliphatic rings. The Morgan fingerprint density at radius 2 is 2.13 bits per heavy atom. The van der Waals surface area contributed by atoms with Crippen molar-refractivity contribution in [1.29, 1.82) is 0 Å². The van der Waals surface area contributed by atoms with Gasteiger partial charge in [0.1, 0.15) is 0 Å². The van der Waals surface area contributed by atoms with Gasteiger partial charge in [-0.2, -0.15) is 4.39 Å². The van der Waals surface area contributed by atoms with E-state index in [4.69, 9.17) is 5.11 Å². The number of rotatable bonds is 3. The van der Waals surface area contributed by atoms with Crippen LogP contribution in [0.15, 0.2) is 6.07 Å². The van der Waals surface area contributed by atoms with Gasteiger partial charge >= 0.3 is 5.97 Å². The molecule has 0 atom stereocenters. The summed E-state index contributed by atoms with van der Waals surface area (Å²) in [5, 5.41) is 17.6. The molecule has 15 heavy (non-hydrogen) atoms. The zero-order valence-electron chi connectivity index (χ0n) is 7.75. The average molecular weight is 218 g/mol. The summed E-state index contributed by atoms with van der Waals surface area (Å²) in [6, 6.07) is 0.728. The van der Waals surface area contributed by atoms with Crippen LogP contribution in [0.2, 0.25) is 0 Å². The third kappa shape index (κ3) is 2.15. The van der Waals surface area contributed by atoms with E-state index in [1.54, 1.807) is 0 Å².